The maximum absolute atomic E-state index is 11.1. The number of amides is 2. The van der Waals surface area contributed by atoms with Crippen LogP contribution >= 0.6 is 0 Å². The first-order valence-corrected chi connectivity index (χ1v) is 5.08. The maximum atomic E-state index is 11.1. The van der Waals surface area contributed by atoms with Crippen molar-refractivity contribution in [3.63, 3.8) is 0 Å². The van der Waals surface area contributed by atoms with Gasteiger partial charge in [-0.05, 0) is 12.1 Å². The standard InChI is InChI=1S/C12H10N4O2/c13-11(17)9-1-7(3-15-5-9)8-2-10(12(14)18)6-16-4-8/h1-6H,(H2,13,17)(H2,14,18). The molecule has 0 aliphatic carbocycles. The molecule has 4 N–H and O–H groups in total. The van der Waals surface area contributed by atoms with E-state index in [1.165, 1.54) is 12.4 Å². The van der Waals surface area contributed by atoms with Gasteiger partial charge < -0.3 is 11.5 Å². The summed E-state index contributed by atoms with van der Waals surface area (Å²) < 4.78 is 0. The number of pyridine rings is 2. The van der Waals surface area contributed by atoms with Gasteiger partial charge in [0.1, 0.15) is 0 Å². The van der Waals surface area contributed by atoms with Gasteiger partial charge in [-0.2, -0.15) is 0 Å². The molecule has 0 aromatic carbocycles. The molecule has 2 aromatic rings. The van der Waals surface area contributed by atoms with Crippen molar-refractivity contribution in [3.8, 4) is 11.1 Å². The lowest BCUT2D eigenvalue weighted by Gasteiger charge is -2.03. The van der Waals surface area contributed by atoms with Crippen LogP contribution in [-0.4, -0.2) is 21.8 Å². The number of carbonyl (C=O) groups is 2. The minimum absolute atomic E-state index is 0.289. The van der Waals surface area contributed by atoms with Gasteiger partial charge in [0.15, 0.2) is 0 Å². The molecule has 6 nitrogen and oxygen atoms in total. The molecule has 18 heavy (non-hydrogen) atoms. The van der Waals surface area contributed by atoms with E-state index in [1.807, 2.05) is 0 Å². The van der Waals surface area contributed by atoms with E-state index in [-0.39, 0.29) is 11.1 Å². The third kappa shape index (κ3) is 2.32. The van der Waals surface area contributed by atoms with E-state index >= 15 is 0 Å². The Kier molecular flexibility index (Phi) is 3.01. The van der Waals surface area contributed by atoms with E-state index in [0.29, 0.717) is 11.1 Å². The van der Waals surface area contributed by atoms with Crippen LogP contribution in [0.15, 0.2) is 36.9 Å². The summed E-state index contributed by atoms with van der Waals surface area (Å²) in [6, 6.07) is 3.16. The molecule has 0 aliphatic heterocycles. The van der Waals surface area contributed by atoms with E-state index in [2.05, 4.69) is 9.97 Å². The molecule has 0 spiro atoms. The van der Waals surface area contributed by atoms with Crippen LogP contribution in [-0.2, 0) is 0 Å². The van der Waals surface area contributed by atoms with Crippen molar-refractivity contribution in [2.75, 3.05) is 0 Å². The Labute approximate surface area is 103 Å². The second-order valence-corrected chi connectivity index (χ2v) is 3.65. The van der Waals surface area contributed by atoms with Crippen molar-refractivity contribution in [3.05, 3.63) is 48.0 Å². The quantitative estimate of drug-likeness (QED) is 0.808. The van der Waals surface area contributed by atoms with Crippen molar-refractivity contribution in [1.29, 1.82) is 0 Å². The van der Waals surface area contributed by atoms with E-state index in [0.717, 1.165) is 0 Å². The van der Waals surface area contributed by atoms with Gasteiger partial charge in [0.2, 0.25) is 11.8 Å². The van der Waals surface area contributed by atoms with Crippen LogP contribution < -0.4 is 11.5 Å². The molecule has 6 heteroatoms. The summed E-state index contributed by atoms with van der Waals surface area (Å²) in [5.74, 6) is -1.13. The lowest BCUT2D eigenvalue weighted by atomic mass is 10.1. The largest absolute Gasteiger partial charge is 0.366 e. The number of carbonyl (C=O) groups excluding carboxylic acids is 2. The fourth-order valence-corrected chi connectivity index (χ4v) is 1.47. The first kappa shape index (κ1) is 11.7. The Bertz CT molecular complexity index is 569. The zero-order valence-corrected chi connectivity index (χ0v) is 9.33. The normalized spacial score (nSPS) is 10.0. The molecule has 2 aromatic heterocycles. The highest BCUT2D eigenvalue weighted by Crippen LogP contribution is 2.19. The summed E-state index contributed by atoms with van der Waals surface area (Å²) in [5.41, 5.74) is 12.2. The fourth-order valence-electron chi connectivity index (χ4n) is 1.47. The number of hydrogen-bond acceptors (Lipinski definition) is 4. The van der Waals surface area contributed by atoms with Gasteiger partial charge in [-0.3, -0.25) is 19.6 Å². The monoisotopic (exact) mass is 242 g/mol. The Morgan fingerprint density at radius 2 is 1.17 bits per heavy atom. The van der Waals surface area contributed by atoms with Gasteiger partial charge in [-0.25, -0.2) is 0 Å². The van der Waals surface area contributed by atoms with Crippen LogP contribution in [0.1, 0.15) is 20.7 Å². The van der Waals surface area contributed by atoms with Crippen molar-refractivity contribution in [2.24, 2.45) is 11.5 Å². The molecule has 0 fully saturated rings. The first-order chi connectivity index (χ1) is 8.58. The van der Waals surface area contributed by atoms with Crippen LogP contribution in [0, 0.1) is 0 Å². The molecule has 0 atom stereocenters. The highest BCUT2D eigenvalue weighted by atomic mass is 16.1. The minimum Gasteiger partial charge on any atom is -0.366 e. The van der Waals surface area contributed by atoms with Crippen LogP contribution in [0.4, 0.5) is 0 Å². The molecule has 2 heterocycles. The van der Waals surface area contributed by atoms with Crippen molar-refractivity contribution in [2.45, 2.75) is 0 Å². The van der Waals surface area contributed by atoms with E-state index < -0.39 is 11.8 Å². The Hall–Kier alpha value is -2.76. The van der Waals surface area contributed by atoms with Gasteiger partial charge in [0.25, 0.3) is 0 Å². The molecule has 0 unspecified atom stereocenters. The number of rotatable bonds is 3. The van der Waals surface area contributed by atoms with Crippen LogP contribution in [0.2, 0.25) is 0 Å². The Morgan fingerprint density at radius 3 is 1.50 bits per heavy atom. The molecule has 0 bridgehead atoms. The molecule has 0 radical (unpaired) electrons. The summed E-state index contributed by atoms with van der Waals surface area (Å²) in [4.78, 5) is 29.9. The second kappa shape index (κ2) is 4.62. The summed E-state index contributed by atoms with van der Waals surface area (Å²) in [6.07, 6.45) is 5.84. The van der Waals surface area contributed by atoms with Crippen LogP contribution in [0.25, 0.3) is 11.1 Å². The summed E-state index contributed by atoms with van der Waals surface area (Å²) in [5, 5.41) is 0. The van der Waals surface area contributed by atoms with Gasteiger partial charge in [-0.15, -0.1) is 0 Å². The molecule has 2 rings (SSSR count). The average molecular weight is 242 g/mol. The molecule has 0 saturated heterocycles. The number of nitrogens with two attached hydrogens (primary N) is 2. The molecule has 2 amide bonds. The molecule has 0 aliphatic rings. The second-order valence-electron chi connectivity index (χ2n) is 3.65. The number of hydrogen-bond donors (Lipinski definition) is 2. The van der Waals surface area contributed by atoms with Gasteiger partial charge in [0, 0.05) is 35.9 Å². The molecule has 0 saturated carbocycles. The Balaban J connectivity index is 2.48. The van der Waals surface area contributed by atoms with Gasteiger partial charge >= 0.3 is 0 Å². The van der Waals surface area contributed by atoms with Crippen LogP contribution in [0.3, 0.4) is 0 Å². The van der Waals surface area contributed by atoms with Gasteiger partial charge in [-0.1, -0.05) is 0 Å². The molecular formula is C12H10N4O2. The SMILES string of the molecule is NC(=O)c1cncc(-c2cncc(C(N)=O)c2)c1. The van der Waals surface area contributed by atoms with Crippen molar-refractivity contribution < 1.29 is 9.59 Å². The summed E-state index contributed by atoms with van der Waals surface area (Å²) in [7, 11) is 0. The maximum Gasteiger partial charge on any atom is 0.250 e. The first-order valence-electron chi connectivity index (χ1n) is 5.08. The van der Waals surface area contributed by atoms with Crippen molar-refractivity contribution >= 4 is 11.8 Å². The lowest BCUT2D eigenvalue weighted by Crippen LogP contribution is -2.12. The average Bonchev–Trinajstić information content (AvgIpc) is 2.39. The van der Waals surface area contributed by atoms with E-state index in [4.69, 9.17) is 11.5 Å². The van der Waals surface area contributed by atoms with E-state index in [1.54, 1.807) is 24.5 Å². The zero-order chi connectivity index (χ0) is 13.1. The molecular weight excluding hydrogens is 232 g/mol. The predicted molar refractivity (Wildman–Crippen MR) is 64.5 cm³/mol. The predicted octanol–water partition coefficient (Wildman–Crippen LogP) is 0.341. The van der Waals surface area contributed by atoms with Gasteiger partial charge in [0.05, 0.1) is 11.1 Å². The van der Waals surface area contributed by atoms with Crippen LogP contribution in [0.5, 0.6) is 0 Å². The lowest BCUT2D eigenvalue weighted by molar-refractivity contribution is 0.0991. The smallest absolute Gasteiger partial charge is 0.250 e. The summed E-state index contributed by atoms with van der Waals surface area (Å²) in [6.45, 7) is 0. The minimum atomic E-state index is -0.566. The highest BCUT2D eigenvalue weighted by Gasteiger charge is 2.07. The fraction of sp³-hybridized carbons (Fsp3) is 0. The number of primary amides is 2. The van der Waals surface area contributed by atoms with Crippen molar-refractivity contribution in [1.82, 2.24) is 9.97 Å². The third-order valence-corrected chi connectivity index (χ3v) is 2.38. The van der Waals surface area contributed by atoms with E-state index in [9.17, 15) is 9.59 Å². The zero-order valence-electron chi connectivity index (χ0n) is 9.33. The number of nitrogens with zero attached hydrogens (tertiary/aromatic N) is 2. The Morgan fingerprint density at radius 1 is 0.778 bits per heavy atom. The number of aromatic nitrogens is 2. The third-order valence-electron chi connectivity index (χ3n) is 2.38. The topological polar surface area (TPSA) is 112 Å². The molecule has 90 valence electrons. The summed E-state index contributed by atoms with van der Waals surface area (Å²) >= 11 is 0. The highest BCUT2D eigenvalue weighted by molar-refractivity contribution is 5.95.